The third-order valence-electron chi connectivity index (χ3n) is 10.2. The van der Waals surface area contributed by atoms with Crippen LogP contribution in [0.3, 0.4) is 0 Å². The zero-order valence-electron chi connectivity index (χ0n) is 20.5. The molecular formula is C28H42N2O3. The van der Waals surface area contributed by atoms with Crippen LogP contribution in [0, 0.1) is 40.9 Å². The number of rotatable bonds is 5. The van der Waals surface area contributed by atoms with Crippen LogP contribution in [0.5, 0.6) is 0 Å². The highest BCUT2D eigenvalue weighted by molar-refractivity contribution is 5.79. The molecule has 4 aliphatic rings. The molecule has 1 aromatic rings. The van der Waals surface area contributed by atoms with Crippen molar-refractivity contribution in [2.75, 3.05) is 13.7 Å². The molecule has 182 valence electrons. The van der Waals surface area contributed by atoms with Crippen LogP contribution in [0.1, 0.15) is 76.8 Å². The fraction of sp³-hybridized carbons (Fsp3) is 0.786. The number of methoxy groups -OCH3 is 1. The van der Waals surface area contributed by atoms with Crippen LogP contribution in [0.2, 0.25) is 0 Å². The Labute approximate surface area is 199 Å². The number of aliphatic hydroxyl groups is 1. The van der Waals surface area contributed by atoms with Crippen molar-refractivity contribution in [2.45, 2.75) is 83.3 Å². The highest BCUT2D eigenvalue weighted by atomic mass is 16.5. The summed E-state index contributed by atoms with van der Waals surface area (Å²) < 4.78 is 5.35. The molecule has 5 nitrogen and oxygen atoms in total. The molecule has 4 fully saturated rings. The molecule has 4 aliphatic carbocycles. The lowest BCUT2D eigenvalue weighted by molar-refractivity contribution is -0.154. The first-order valence-electron chi connectivity index (χ1n) is 13.3. The Balaban J connectivity index is 1.27. The minimum absolute atomic E-state index is 0.117. The quantitative estimate of drug-likeness (QED) is 0.674. The average Bonchev–Trinajstić information content (AvgIpc) is 2.82. The summed E-state index contributed by atoms with van der Waals surface area (Å²) in [5, 5.41) is 14.2. The molecule has 0 unspecified atom stereocenters. The lowest BCUT2D eigenvalue weighted by Gasteiger charge is -2.60. The predicted octanol–water partition coefficient (Wildman–Crippen LogP) is 4.73. The van der Waals surface area contributed by atoms with E-state index in [1.54, 1.807) is 13.3 Å². The molecule has 0 spiro atoms. The minimum atomic E-state index is -0.617. The molecule has 4 saturated carbocycles. The van der Waals surface area contributed by atoms with Crippen molar-refractivity contribution < 1.29 is 14.6 Å². The Bertz CT molecular complexity index is 832. The molecule has 0 bridgehead atoms. The van der Waals surface area contributed by atoms with Gasteiger partial charge in [0.05, 0.1) is 24.4 Å². The van der Waals surface area contributed by atoms with Gasteiger partial charge in [-0.25, -0.2) is 0 Å². The summed E-state index contributed by atoms with van der Waals surface area (Å²) in [6.07, 6.45) is 13.1. The number of hydrogen-bond donors (Lipinski definition) is 2. The van der Waals surface area contributed by atoms with Crippen molar-refractivity contribution in [3.05, 3.63) is 30.1 Å². The fourth-order valence-corrected chi connectivity index (χ4v) is 8.79. The van der Waals surface area contributed by atoms with Crippen molar-refractivity contribution in [2.24, 2.45) is 40.9 Å². The molecule has 2 N–H and O–H groups in total. The van der Waals surface area contributed by atoms with Crippen LogP contribution in [0.25, 0.3) is 0 Å². The maximum absolute atomic E-state index is 13.4. The van der Waals surface area contributed by atoms with Gasteiger partial charge >= 0.3 is 0 Å². The van der Waals surface area contributed by atoms with Gasteiger partial charge in [0.1, 0.15) is 0 Å². The molecule has 0 aliphatic heterocycles. The molecule has 0 radical (unpaired) electrons. The van der Waals surface area contributed by atoms with Crippen molar-refractivity contribution in [1.29, 1.82) is 0 Å². The van der Waals surface area contributed by atoms with Gasteiger partial charge in [0.15, 0.2) is 0 Å². The monoisotopic (exact) mass is 454 g/mol. The van der Waals surface area contributed by atoms with Crippen LogP contribution in [0.4, 0.5) is 0 Å². The summed E-state index contributed by atoms with van der Waals surface area (Å²) in [5.41, 5.74) is 0.426. The number of ether oxygens (including phenoxy) is 1. The Morgan fingerprint density at radius 1 is 1.12 bits per heavy atom. The molecule has 0 saturated heterocycles. The van der Waals surface area contributed by atoms with Gasteiger partial charge in [-0.1, -0.05) is 19.4 Å². The lowest BCUT2D eigenvalue weighted by atomic mass is 9.45. The molecule has 1 amide bonds. The van der Waals surface area contributed by atoms with Gasteiger partial charge in [-0.2, -0.15) is 0 Å². The van der Waals surface area contributed by atoms with E-state index in [1.807, 2.05) is 18.2 Å². The molecule has 0 aromatic carbocycles. The molecular weight excluding hydrogens is 412 g/mol. The zero-order chi connectivity index (χ0) is 23.1. The summed E-state index contributed by atoms with van der Waals surface area (Å²) in [7, 11) is 1.70. The number of amides is 1. The lowest BCUT2D eigenvalue weighted by Crippen LogP contribution is -2.56. The van der Waals surface area contributed by atoms with Crippen molar-refractivity contribution in [3.8, 4) is 0 Å². The standard InChI is InChI=1S/C28H42N2O3/c1-27-13-11-22-21-12-14-28(32,18-33-2)16-19(21)9-10-23(22)24(27)7-5-8-25(27)26(31)30-17-20-6-3-4-15-29-20/h3-4,6,15,19,21-25,32H,5,7-14,16-18H2,1-2H3,(H,30,31)/t19-,21-,22+,23+,24-,25+,27-,28+/m0/s1. The second-order valence-corrected chi connectivity index (χ2v) is 11.9. The molecule has 33 heavy (non-hydrogen) atoms. The Morgan fingerprint density at radius 3 is 2.76 bits per heavy atom. The third kappa shape index (κ3) is 4.36. The normalized spacial score (nSPS) is 42.5. The first kappa shape index (κ1) is 23.3. The van der Waals surface area contributed by atoms with Crippen molar-refractivity contribution in [1.82, 2.24) is 10.3 Å². The van der Waals surface area contributed by atoms with E-state index in [0.29, 0.717) is 25.0 Å². The van der Waals surface area contributed by atoms with E-state index in [2.05, 4.69) is 17.2 Å². The van der Waals surface area contributed by atoms with E-state index in [9.17, 15) is 9.90 Å². The largest absolute Gasteiger partial charge is 0.387 e. The second-order valence-electron chi connectivity index (χ2n) is 11.9. The van der Waals surface area contributed by atoms with Gasteiger partial charge in [-0.3, -0.25) is 9.78 Å². The third-order valence-corrected chi connectivity index (χ3v) is 10.2. The van der Waals surface area contributed by atoms with Gasteiger partial charge in [-0.15, -0.1) is 0 Å². The smallest absolute Gasteiger partial charge is 0.223 e. The van der Waals surface area contributed by atoms with Crippen molar-refractivity contribution in [3.63, 3.8) is 0 Å². The zero-order valence-corrected chi connectivity index (χ0v) is 20.5. The van der Waals surface area contributed by atoms with E-state index in [0.717, 1.165) is 49.1 Å². The van der Waals surface area contributed by atoms with Crippen LogP contribution >= 0.6 is 0 Å². The van der Waals surface area contributed by atoms with E-state index in [1.165, 1.54) is 38.5 Å². The number of hydrogen-bond acceptors (Lipinski definition) is 4. The maximum Gasteiger partial charge on any atom is 0.223 e. The van der Waals surface area contributed by atoms with Crippen LogP contribution < -0.4 is 5.32 Å². The van der Waals surface area contributed by atoms with Gasteiger partial charge in [0.2, 0.25) is 5.91 Å². The fourth-order valence-electron chi connectivity index (χ4n) is 8.79. The Kier molecular flexibility index (Phi) is 6.56. The van der Waals surface area contributed by atoms with Crippen LogP contribution in [-0.2, 0) is 16.1 Å². The van der Waals surface area contributed by atoms with Gasteiger partial charge < -0.3 is 15.2 Å². The van der Waals surface area contributed by atoms with Crippen LogP contribution in [-0.4, -0.2) is 35.3 Å². The molecule has 1 aromatic heterocycles. The first-order chi connectivity index (χ1) is 15.9. The van der Waals surface area contributed by atoms with Gasteiger partial charge in [0.25, 0.3) is 0 Å². The van der Waals surface area contributed by atoms with E-state index < -0.39 is 5.60 Å². The number of pyridine rings is 1. The van der Waals surface area contributed by atoms with Crippen molar-refractivity contribution >= 4 is 5.91 Å². The number of nitrogens with one attached hydrogen (secondary N) is 1. The van der Waals surface area contributed by atoms with E-state index >= 15 is 0 Å². The minimum Gasteiger partial charge on any atom is -0.387 e. The molecule has 5 heteroatoms. The molecule has 1 heterocycles. The second kappa shape index (κ2) is 9.30. The number of nitrogens with zero attached hydrogens (tertiary/aromatic N) is 1. The number of fused-ring (bicyclic) bond motifs is 5. The molecule has 8 atom stereocenters. The van der Waals surface area contributed by atoms with Crippen LogP contribution in [0.15, 0.2) is 24.4 Å². The number of carbonyl (C=O) groups is 1. The summed E-state index contributed by atoms with van der Waals surface area (Å²) >= 11 is 0. The highest BCUT2D eigenvalue weighted by Gasteiger charge is 2.57. The van der Waals surface area contributed by atoms with E-state index in [4.69, 9.17) is 4.74 Å². The Morgan fingerprint density at radius 2 is 1.97 bits per heavy atom. The Hall–Kier alpha value is -1.46. The summed E-state index contributed by atoms with van der Waals surface area (Å²) in [4.78, 5) is 17.7. The molecule has 5 rings (SSSR count). The highest BCUT2D eigenvalue weighted by Crippen LogP contribution is 2.63. The number of carbonyl (C=O) groups excluding carboxylic acids is 1. The maximum atomic E-state index is 13.4. The summed E-state index contributed by atoms with van der Waals surface area (Å²) in [5.74, 6) is 3.96. The summed E-state index contributed by atoms with van der Waals surface area (Å²) in [6.45, 7) is 3.43. The van der Waals surface area contributed by atoms with E-state index in [-0.39, 0.29) is 17.2 Å². The first-order valence-corrected chi connectivity index (χ1v) is 13.3. The average molecular weight is 455 g/mol. The SMILES string of the molecule is COC[C@@]1(O)CC[C@H]2[C@@H](CC[C@@H]3[C@@H]2CC[C@]2(C)[C@@H](C(=O)NCc4ccccn4)CCC[C@@H]32)C1. The van der Waals surface area contributed by atoms with Gasteiger partial charge in [0, 0.05) is 19.2 Å². The predicted molar refractivity (Wildman–Crippen MR) is 128 cm³/mol. The number of aromatic nitrogens is 1. The van der Waals surface area contributed by atoms with Gasteiger partial charge in [-0.05, 0) is 105 Å². The summed E-state index contributed by atoms with van der Waals surface area (Å²) in [6, 6.07) is 5.87. The topological polar surface area (TPSA) is 71.5 Å².